The minimum Gasteiger partial charge on any atom is -0.273 e. The van der Waals surface area contributed by atoms with Crippen LogP contribution in [-0.4, -0.2) is 18.6 Å². The van der Waals surface area contributed by atoms with Crippen LogP contribution < -0.4 is 0 Å². The number of carbonyl (C=O) groups is 1. The lowest BCUT2D eigenvalue weighted by Gasteiger charge is -2.32. The third-order valence-electron chi connectivity index (χ3n) is 5.06. The van der Waals surface area contributed by atoms with Gasteiger partial charge in [-0.1, -0.05) is 84.4 Å². The van der Waals surface area contributed by atoms with Crippen LogP contribution in [0.1, 0.15) is 29.0 Å². The average Bonchev–Trinajstić information content (AvgIpc) is 2.74. The zero-order valence-electron chi connectivity index (χ0n) is 16.0. The number of benzene rings is 3. The quantitative estimate of drug-likeness (QED) is 0.632. The van der Waals surface area contributed by atoms with Crippen LogP contribution in [0.3, 0.4) is 0 Å². The van der Waals surface area contributed by atoms with E-state index in [1.54, 1.807) is 24.3 Å². The number of amides is 1. The fourth-order valence-corrected chi connectivity index (χ4v) is 5.00. The molecule has 3 aromatic rings. The molecule has 1 heterocycles. The maximum Gasteiger partial charge on any atom is 0.270 e. The molecule has 0 bridgehead atoms. The maximum atomic E-state index is 13.4. The molecule has 1 aliphatic heterocycles. The molecule has 0 N–H and O–H groups in total. The van der Waals surface area contributed by atoms with Gasteiger partial charge in [-0.25, -0.2) is 12.7 Å². The molecule has 0 spiro atoms. The van der Waals surface area contributed by atoms with E-state index in [0.29, 0.717) is 11.3 Å². The summed E-state index contributed by atoms with van der Waals surface area (Å²) in [4.78, 5) is 13.3. The van der Waals surface area contributed by atoms with Crippen molar-refractivity contribution in [1.29, 1.82) is 0 Å². The Kier molecular flexibility index (Phi) is 5.07. The van der Waals surface area contributed by atoms with Gasteiger partial charge in [0.1, 0.15) is 0 Å². The second-order valence-corrected chi connectivity index (χ2v) is 8.90. The number of sulfonamides is 1. The molecular weight excluding hydrogens is 382 g/mol. The van der Waals surface area contributed by atoms with Crippen LogP contribution in [0.4, 0.5) is 0 Å². The van der Waals surface area contributed by atoms with E-state index in [9.17, 15) is 13.2 Å². The van der Waals surface area contributed by atoms with Gasteiger partial charge in [-0.2, -0.15) is 0 Å². The standard InChI is InChI=1S/C24H21NO3S/c1-18-12-14-22(15-13-18)29(27,28)25-23(20-10-6-3-7-11-20)16-21(17-24(25)26)19-8-4-2-5-9-19/h2-16,21H,17H2,1H3/t21-/m1/s1. The van der Waals surface area contributed by atoms with Gasteiger partial charge in [-0.3, -0.25) is 4.79 Å². The molecule has 1 atom stereocenters. The van der Waals surface area contributed by atoms with Crippen molar-refractivity contribution in [3.05, 3.63) is 108 Å². The highest BCUT2D eigenvalue weighted by atomic mass is 32.2. The molecule has 29 heavy (non-hydrogen) atoms. The first-order valence-corrected chi connectivity index (χ1v) is 10.9. The lowest BCUT2D eigenvalue weighted by Crippen LogP contribution is -2.39. The SMILES string of the molecule is Cc1ccc(S(=O)(=O)N2C(=O)C[C@H](c3ccccc3)C=C2c2ccccc2)cc1. The summed E-state index contributed by atoms with van der Waals surface area (Å²) in [7, 11) is -4.02. The van der Waals surface area contributed by atoms with Crippen molar-refractivity contribution in [1.82, 2.24) is 4.31 Å². The third-order valence-corrected chi connectivity index (χ3v) is 6.80. The first-order valence-electron chi connectivity index (χ1n) is 9.44. The molecule has 0 saturated heterocycles. The fraction of sp³-hybridized carbons (Fsp3) is 0.125. The minimum atomic E-state index is -4.02. The molecule has 0 fully saturated rings. The van der Waals surface area contributed by atoms with Gasteiger partial charge in [-0.15, -0.1) is 0 Å². The Hall–Kier alpha value is -3.18. The monoisotopic (exact) mass is 403 g/mol. The van der Waals surface area contributed by atoms with Crippen LogP contribution >= 0.6 is 0 Å². The number of carbonyl (C=O) groups excluding carboxylic acids is 1. The lowest BCUT2D eigenvalue weighted by atomic mass is 9.90. The van der Waals surface area contributed by atoms with Gasteiger partial charge in [-0.05, 0) is 30.2 Å². The summed E-state index contributed by atoms with van der Waals surface area (Å²) in [5, 5.41) is 0. The average molecular weight is 404 g/mol. The molecule has 0 unspecified atom stereocenters. The van der Waals surface area contributed by atoms with Gasteiger partial charge in [0, 0.05) is 12.3 Å². The van der Waals surface area contributed by atoms with E-state index in [1.807, 2.05) is 73.7 Å². The smallest absolute Gasteiger partial charge is 0.270 e. The second kappa shape index (κ2) is 7.68. The van der Waals surface area contributed by atoms with Crippen molar-refractivity contribution in [2.75, 3.05) is 0 Å². The van der Waals surface area contributed by atoms with E-state index in [0.717, 1.165) is 15.4 Å². The predicted octanol–water partition coefficient (Wildman–Crippen LogP) is 4.74. The Morgan fingerprint density at radius 2 is 1.41 bits per heavy atom. The summed E-state index contributed by atoms with van der Waals surface area (Å²) in [6.45, 7) is 1.89. The third kappa shape index (κ3) is 3.74. The Bertz CT molecular complexity index is 1150. The molecule has 1 amide bonds. The fourth-order valence-electron chi connectivity index (χ4n) is 3.54. The zero-order chi connectivity index (χ0) is 20.4. The van der Waals surface area contributed by atoms with Gasteiger partial charge in [0.25, 0.3) is 10.0 Å². The Labute approximate surface area is 171 Å². The highest BCUT2D eigenvalue weighted by Crippen LogP contribution is 2.37. The van der Waals surface area contributed by atoms with E-state index in [1.165, 1.54) is 0 Å². The van der Waals surface area contributed by atoms with Gasteiger partial charge in [0.2, 0.25) is 5.91 Å². The van der Waals surface area contributed by atoms with Gasteiger partial charge in [0.15, 0.2) is 0 Å². The Morgan fingerprint density at radius 1 is 0.828 bits per heavy atom. The van der Waals surface area contributed by atoms with Crippen LogP contribution in [0.25, 0.3) is 5.70 Å². The molecule has 0 aliphatic carbocycles. The van der Waals surface area contributed by atoms with Crippen molar-refractivity contribution in [2.45, 2.75) is 24.2 Å². The molecular formula is C24H21NO3S. The topological polar surface area (TPSA) is 54.5 Å². The van der Waals surface area contributed by atoms with Crippen molar-refractivity contribution < 1.29 is 13.2 Å². The van der Waals surface area contributed by atoms with Crippen LogP contribution in [-0.2, 0) is 14.8 Å². The van der Waals surface area contributed by atoms with Crippen molar-refractivity contribution in [2.24, 2.45) is 0 Å². The molecule has 1 aliphatic rings. The number of hydrogen-bond acceptors (Lipinski definition) is 3. The van der Waals surface area contributed by atoms with Crippen molar-refractivity contribution >= 4 is 21.6 Å². The van der Waals surface area contributed by atoms with Gasteiger partial charge >= 0.3 is 0 Å². The summed E-state index contributed by atoms with van der Waals surface area (Å²) in [5.41, 5.74) is 3.03. The summed E-state index contributed by atoms with van der Waals surface area (Å²) in [6.07, 6.45) is 1.99. The minimum absolute atomic E-state index is 0.103. The molecule has 3 aromatic carbocycles. The van der Waals surface area contributed by atoms with E-state index < -0.39 is 15.9 Å². The van der Waals surface area contributed by atoms with Crippen LogP contribution in [0.2, 0.25) is 0 Å². The van der Waals surface area contributed by atoms with Gasteiger partial charge in [0.05, 0.1) is 10.6 Å². The van der Waals surface area contributed by atoms with Crippen molar-refractivity contribution in [3.8, 4) is 0 Å². The molecule has 4 nitrogen and oxygen atoms in total. The second-order valence-electron chi connectivity index (χ2n) is 7.12. The maximum absolute atomic E-state index is 13.4. The lowest BCUT2D eigenvalue weighted by molar-refractivity contribution is -0.124. The number of allylic oxidation sites excluding steroid dienone is 1. The predicted molar refractivity (Wildman–Crippen MR) is 113 cm³/mol. The summed E-state index contributed by atoms with van der Waals surface area (Å²) >= 11 is 0. The number of rotatable bonds is 4. The highest BCUT2D eigenvalue weighted by molar-refractivity contribution is 7.90. The van der Waals surface area contributed by atoms with E-state index >= 15 is 0 Å². The van der Waals surface area contributed by atoms with Gasteiger partial charge < -0.3 is 0 Å². The van der Waals surface area contributed by atoms with Crippen LogP contribution in [0, 0.1) is 6.92 Å². The van der Waals surface area contributed by atoms with E-state index in [4.69, 9.17) is 0 Å². The van der Waals surface area contributed by atoms with Crippen LogP contribution in [0.5, 0.6) is 0 Å². The van der Waals surface area contributed by atoms with Crippen molar-refractivity contribution in [3.63, 3.8) is 0 Å². The number of aryl methyl sites for hydroxylation is 1. The Morgan fingerprint density at radius 3 is 2.03 bits per heavy atom. The molecule has 0 radical (unpaired) electrons. The molecule has 146 valence electrons. The first-order chi connectivity index (χ1) is 14.0. The first kappa shape index (κ1) is 19.2. The molecule has 0 saturated carbocycles. The largest absolute Gasteiger partial charge is 0.273 e. The molecule has 0 aromatic heterocycles. The highest BCUT2D eigenvalue weighted by Gasteiger charge is 2.37. The van der Waals surface area contributed by atoms with Crippen LogP contribution in [0.15, 0.2) is 95.9 Å². The number of nitrogens with zero attached hydrogens (tertiary/aromatic N) is 1. The number of hydrogen-bond donors (Lipinski definition) is 0. The van der Waals surface area contributed by atoms with E-state index in [-0.39, 0.29) is 17.2 Å². The molecule has 5 heteroatoms. The summed E-state index contributed by atoms with van der Waals surface area (Å²) in [6, 6.07) is 25.4. The normalized spacial score (nSPS) is 17.1. The zero-order valence-corrected chi connectivity index (χ0v) is 16.8. The summed E-state index contributed by atoms with van der Waals surface area (Å²) in [5.74, 6) is -0.607. The molecule has 4 rings (SSSR count). The Balaban J connectivity index is 1.86. The van der Waals surface area contributed by atoms with E-state index in [2.05, 4.69) is 0 Å². The summed E-state index contributed by atoms with van der Waals surface area (Å²) < 4.78 is 27.8.